The SMILES string of the molecule is CNc1ccc2c(ccc(=O)n2C)c1C#Cc1ccccc1. The van der Waals surface area contributed by atoms with Gasteiger partial charge in [0.15, 0.2) is 0 Å². The van der Waals surface area contributed by atoms with E-state index in [1.807, 2.05) is 55.6 Å². The lowest BCUT2D eigenvalue weighted by molar-refractivity contribution is 0.906. The maximum absolute atomic E-state index is 11.8. The summed E-state index contributed by atoms with van der Waals surface area (Å²) in [5.41, 5.74) is 3.68. The van der Waals surface area contributed by atoms with Crippen LogP contribution in [0, 0.1) is 11.8 Å². The number of aromatic nitrogens is 1. The Hall–Kier alpha value is -2.99. The van der Waals surface area contributed by atoms with Crippen LogP contribution < -0.4 is 10.9 Å². The summed E-state index contributed by atoms with van der Waals surface area (Å²) in [6.07, 6.45) is 0. The van der Waals surface area contributed by atoms with Gasteiger partial charge in [0.1, 0.15) is 0 Å². The fourth-order valence-corrected chi connectivity index (χ4v) is 2.45. The Balaban J connectivity index is 2.25. The summed E-state index contributed by atoms with van der Waals surface area (Å²) in [5, 5.41) is 4.14. The van der Waals surface area contributed by atoms with Crippen LogP contribution in [-0.2, 0) is 7.05 Å². The first-order valence-corrected chi connectivity index (χ1v) is 7.08. The van der Waals surface area contributed by atoms with Crippen molar-refractivity contribution in [1.29, 1.82) is 0 Å². The summed E-state index contributed by atoms with van der Waals surface area (Å²) in [4.78, 5) is 11.8. The molecule has 1 N–H and O–H groups in total. The maximum atomic E-state index is 11.8. The molecule has 0 aliphatic carbocycles. The summed E-state index contributed by atoms with van der Waals surface area (Å²) < 4.78 is 1.64. The van der Waals surface area contributed by atoms with Gasteiger partial charge in [0.25, 0.3) is 5.56 Å². The summed E-state index contributed by atoms with van der Waals surface area (Å²) in [5.74, 6) is 6.43. The molecule has 0 bridgehead atoms. The van der Waals surface area contributed by atoms with Crippen LogP contribution in [0.1, 0.15) is 11.1 Å². The predicted octanol–water partition coefficient (Wildman–Crippen LogP) is 2.98. The van der Waals surface area contributed by atoms with E-state index >= 15 is 0 Å². The Morgan fingerprint density at radius 2 is 1.73 bits per heavy atom. The number of fused-ring (bicyclic) bond motifs is 1. The minimum absolute atomic E-state index is 0.0216. The predicted molar refractivity (Wildman–Crippen MR) is 91.2 cm³/mol. The van der Waals surface area contributed by atoms with Gasteiger partial charge in [-0.25, -0.2) is 0 Å². The minimum Gasteiger partial charge on any atom is -0.387 e. The molecular weight excluding hydrogens is 272 g/mol. The van der Waals surface area contributed by atoms with Crippen LogP contribution in [0.15, 0.2) is 59.4 Å². The van der Waals surface area contributed by atoms with Gasteiger partial charge in [0.2, 0.25) is 0 Å². The summed E-state index contributed by atoms with van der Waals surface area (Å²) in [6, 6.07) is 17.2. The molecule has 1 aromatic heterocycles. The molecule has 2 aromatic carbocycles. The highest BCUT2D eigenvalue weighted by Crippen LogP contribution is 2.24. The van der Waals surface area contributed by atoms with Crippen LogP contribution >= 0.6 is 0 Å². The molecular formula is C19H16N2O. The number of aryl methyl sites for hydroxylation is 1. The molecule has 3 nitrogen and oxygen atoms in total. The van der Waals surface area contributed by atoms with Crippen LogP contribution in [0.3, 0.4) is 0 Å². The molecule has 0 spiro atoms. The van der Waals surface area contributed by atoms with E-state index in [4.69, 9.17) is 0 Å². The molecule has 22 heavy (non-hydrogen) atoms. The molecule has 0 unspecified atom stereocenters. The molecule has 0 aliphatic heterocycles. The molecule has 0 aliphatic rings. The first kappa shape index (κ1) is 14.0. The van der Waals surface area contributed by atoms with E-state index in [0.717, 1.165) is 27.7 Å². The molecule has 3 aromatic rings. The van der Waals surface area contributed by atoms with Crippen LogP contribution in [-0.4, -0.2) is 11.6 Å². The Bertz CT molecular complexity index is 944. The number of nitrogens with zero attached hydrogens (tertiary/aromatic N) is 1. The zero-order valence-corrected chi connectivity index (χ0v) is 12.6. The van der Waals surface area contributed by atoms with E-state index in [2.05, 4.69) is 17.2 Å². The van der Waals surface area contributed by atoms with Crippen LogP contribution in [0.25, 0.3) is 10.9 Å². The lowest BCUT2D eigenvalue weighted by Gasteiger charge is -2.10. The van der Waals surface area contributed by atoms with E-state index in [1.54, 1.807) is 17.7 Å². The lowest BCUT2D eigenvalue weighted by atomic mass is 10.1. The fourth-order valence-electron chi connectivity index (χ4n) is 2.45. The van der Waals surface area contributed by atoms with Crippen LogP contribution in [0.5, 0.6) is 0 Å². The third-order valence-corrected chi connectivity index (χ3v) is 3.68. The Morgan fingerprint density at radius 1 is 0.955 bits per heavy atom. The Kier molecular flexibility index (Phi) is 3.67. The minimum atomic E-state index is -0.0216. The van der Waals surface area contributed by atoms with Gasteiger partial charge >= 0.3 is 0 Å². The van der Waals surface area contributed by atoms with Gasteiger partial charge < -0.3 is 9.88 Å². The van der Waals surface area contributed by atoms with E-state index in [0.29, 0.717) is 0 Å². The molecule has 3 heteroatoms. The highest BCUT2D eigenvalue weighted by Gasteiger charge is 2.07. The van der Waals surface area contributed by atoms with Gasteiger partial charge in [0.05, 0.1) is 16.8 Å². The molecule has 1 heterocycles. The van der Waals surface area contributed by atoms with E-state index in [-0.39, 0.29) is 5.56 Å². The molecule has 0 saturated heterocycles. The van der Waals surface area contributed by atoms with Crippen molar-refractivity contribution in [2.75, 3.05) is 12.4 Å². The van der Waals surface area contributed by atoms with Crippen LogP contribution in [0.4, 0.5) is 5.69 Å². The number of rotatable bonds is 1. The fraction of sp³-hybridized carbons (Fsp3) is 0.105. The van der Waals surface area contributed by atoms with Crippen molar-refractivity contribution in [2.24, 2.45) is 7.05 Å². The molecule has 3 rings (SSSR count). The van der Waals surface area contributed by atoms with Gasteiger partial charge in [-0.1, -0.05) is 30.0 Å². The maximum Gasteiger partial charge on any atom is 0.250 e. The molecule has 0 amide bonds. The number of nitrogens with one attached hydrogen (secondary N) is 1. The second-order valence-electron chi connectivity index (χ2n) is 5.02. The van der Waals surface area contributed by atoms with Crippen molar-refractivity contribution >= 4 is 16.6 Å². The average Bonchev–Trinajstić information content (AvgIpc) is 2.56. The van der Waals surface area contributed by atoms with Crippen molar-refractivity contribution in [3.8, 4) is 11.8 Å². The third kappa shape index (κ3) is 2.47. The third-order valence-electron chi connectivity index (χ3n) is 3.68. The number of pyridine rings is 1. The Morgan fingerprint density at radius 3 is 2.45 bits per heavy atom. The zero-order valence-electron chi connectivity index (χ0n) is 12.6. The lowest BCUT2D eigenvalue weighted by Crippen LogP contribution is -2.15. The molecule has 0 saturated carbocycles. The van der Waals surface area contributed by atoms with E-state index in [9.17, 15) is 4.79 Å². The second-order valence-corrected chi connectivity index (χ2v) is 5.02. The standard InChI is InChI=1S/C19H16N2O/c1-20-17-11-12-18-16(10-13-19(22)21(18)2)15(17)9-8-14-6-4-3-5-7-14/h3-7,10-13,20H,1-2H3. The topological polar surface area (TPSA) is 34.0 Å². The quantitative estimate of drug-likeness (QED) is 0.699. The van der Waals surface area contributed by atoms with Gasteiger partial charge in [-0.15, -0.1) is 0 Å². The monoisotopic (exact) mass is 288 g/mol. The smallest absolute Gasteiger partial charge is 0.250 e. The van der Waals surface area contributed by atoms with Crippen molar-refractivity contribution in [3.05, 3.63) is 76.1 Å². The van der Waals surface area contributed by atoms with Gasteiger partial charge in [-0.3, -0.25) is 4.79 Å². The number of hydrogen-bond acceptors (Lipinski definition) is 2. The molecule has 0 atom stereocenters. The first-order chi connectivity index (χ1) is 10.7. The van der Waals surface area contributed by atoms with Crippen molar-refractivity contribution in [1.82, 2.24) is 4.57 Å². The number of benzene rings is 2. The first-order valence-electron chi connectivity index (χ1n) is 7.08. The second kappa shape index (κ2) is 5.79. The van der Waals surface area contributed by atoms with E-state index < -0.39 is 0 Å². The van der Waals surface area contributed by atoms with E-state index in [1.165, 1.54) is 0 Å². The summed E-state index contributed by atoms with van der Waals surface area (Å²) in [6.45, 7) is 0. The van der Waals surface area contributed by atoms with Gasteiger partial charge in [0, 0.05) is 31.1 Å². The summed E-state index contributed by atoms with van der Waals surface area (Å²) >= 11 is 0. The van der Waals surface area contributed by atoms with Crippen LogP contribution in [0.2, 0.25) is 0 Å². The van der Waals surface area contributed by atoms with Crippen molar-refractivity contribution < 1.29 is 0 Å². The number of anilines is 1. The molecule has 0 fully saturated rings. The van der Waals surface area contributed by atoms with Crippen molar-refractivity contribution in [2.45, 2.75) is 0 Å². The zero-order chi connectivity index (χ0) is 15.5. The average molecular weight is 288 g/mol. The highest BCUT2D eigenvalue weighted by atomic mass is 16.1. The van der Waals surface area contributed by atoms with Crippen molar-refractivity contribution in [3.63, 3.8) is 0 Å². The molecule has 108 valence electrons. The largest absolute Gasteiger partial charge is 0.387 e. The van der Waals surface area contributed by atoms with Gasteiger partial charge in [-0.2, -0.15) is 0 Å². The normalized spacial score (nSPS) is 10.1. The number of hydrogen-bond donors (Lipinski definition) is 1. The highest BCUT2D eigenvalue weighted by molar-refractivity contribution is 5.91. The summed E-state index contributed by atoms with van der Waals surface area (Å²) in [7, 11) is 3.65. The molecule has 0 radical (unpaired) electrons. The Labute approximate surface area is 129 Å². The van der Waals surface area contributed by atoms with Gasteiger partial charge in [-0.05, 0) is 30.3 Å².